The number of benzene rings is 1. The van der Waals surface area contributed by atoms with Crippen molar-refractivity contribution in [2.75, 3.05) is 12.8 Å². The monoisotopic (exact) mass is 224 g/mol. The Balaban J connectivity index is 2.77. The Hall–Kier alpha value is -0.510. The highest BCUT2D eigenvalue weighted by Gasteiger charge is 2.13. The molecular formula is C12H20N2S. The summed E-state index contributed by atoms with van der Waals surface area (Å²) in [5.74, 6) is 1.11. The summed E-state index contributed by atoms with van der Waals surface area (Å²) < 4.78 is 0. The molecule has 1 aromatic rings. The Morgan fingerprint density at radius 2 is 1.93 bits per heavy atom. The third-order valence-electron chi connectivity index (χ3n) is 2.39. The first-order valence-electron chi connectivity index (χ1n) is 5.34. The summed E-state index contributed by atoms with van der Waals surface area (Å²) in [6.45, 7) is 4.19. The quantitative estimate of drug-likeness (QED) is 0.754. The summed E-state index contributed by atoms with van der Waals surface area (Å²) in [4.78, 5) is 1.32. The van der Waals surface area contributed by atoms with Gasteiger partial charge >= 0.3 is 0 Å². The summed E-state index contributed by atoms with van der Waals surface area (Å²) in [5, 5.41) is 3.24. The number of nitrogens with one attached hydrogen (secondary N) is 1. The molecule has 0 aliphatic rings. The second-order valence-electron chi connectivity index (χ2n) is 3.63. The van der Waals surface area contributed by atoms with Crippen molar-refractivity contribution in [3.05, 3.63) is 29.8 Å². The van der Waals surface area contributed by atoms with E-state index in [1.807, 2.05) is 25.7 Å². The van der Waals surface area contributed by atoms with Gasteiger partial charge in [-0.05, 0) is 37.4 Å². The van der Waals surface area contributed by atoms with Crippen LogP contribution in [0.4, 0.5) is 0 Å². The van der Waals surface area contributed by atoms with E-state index in [9.17, 15) is 0 Å². The van der Waals surface area contributed by atoms with Gasteiger partial charge in [0, 0.05) is 17.0 Å². The van der Waals surface area contributed by atoms with Gasteiger partial charge in [-0.25, -0.2) is 0 Å². The molecule has 0 spiro atoms. The van der Waals surface area contributed by atoms with Gasteiger partial charge in [-0.15, -0.1) is 11.8 Å². The van der Waals surface area contributed by atoms with Crippen LogP contribution < -0.4 is 11.1 Å². The third kappa shape index (κ3) is 3.52. The lowest BCUT2D eigenvalue weighted by Gasteiger charge is -2.20. The van der Waals surface area contributed by atoms with Gasteiger partial charge < -0.3 is 11.1 Å². The number of rotatable bonds is 5. The second-order valence-corrected chi connectivity index (χ2v) is 4.96. The highest BCUT2D eigenvalue weighted by Crippen LogP contribution is 2.21. The fourth-order valence-electron chi connectivity index (χ4n) is 1.67. The van der Waals surface area contributed by atoms with Crippen molar-refractivity contribution in [2.45, 2.75) is 30.8 Å². The van der Waals surface area contributed by atoms with Gasteiger partial charge in [-0.3, -0.25) is 0 Å². The molecule has 2 atom stereocenters. The lowest BCUT2D eigenvalue weighted by molar-refractivity contribution is 0.503. The maximum Gasteiger partial charge on any atom is 0.0468 e. The predicted octanol–water partition coefficient (Wildman–Crippen LogP) is 2.41. The number of hydrogen-bond donors (Lipinski definition) is 2. The molecule has 3 N–H and O–H groups in total. The van der Waals surface area contributed by atoms with E-state index < -0.39 is 0 Å². The summed E-state index contributed by atoms with van der Waals surface area (Å²) >= 11 is 1.86. The lowest BCUT2D eigenvalue weighted by Crippen LogP contribution is -2.33. The lowest BCUT2D eigenvalue weighted by atomic mass is 10.0. The number of nitrogens with two attached hydrogens (primary N) is 1. The molecule has 0 heterocycles. The van der Waals surface area contributed by atoms with Gasteiger partial charge in [0.05, 0.1) is 0 Å². The van der Waals surface area contributed by atoms with E-state index in [4.69, 9.17) is 5.73 Å². The Kier molecular flexibility index (Phi) is 5.15. The summed E-state index contributed by atoms with van der Waals surface area (Å²) in [7, 11) is 1.95. The van der Waals surface area contributed by atoms with Crippen LogP contribution in [0.2, 0.25) is 0 Å². The first-order valence-corrected chi connectivity index (χ1v) is 6.33. The second kappa shape index (κ2) is 6.16. The molecule has 0 saturated heterocycles. The van der Waals surface area contributed by atoms with Crippen LogP contribution in [-0.2, 0) is 0 Å². The first-order chi connectivity index (χ1) is 7.19. The van der Waals surface area contributed by atoms with E-state index in [1.165, 1.54) is 10.5 Å². The molecule has 0 saturated carbocycles. The normalized spacial score (nSPS) is 14.9. The standard InChI is InChI=1S/C12H20N2S/c1-4-15-11-7-5-10(6-8-11)12(14-3)9(2)13/h5-9,12,14H,4,13H2,1-3H3. The zero-order chi connectivity index (χ0) is 11.3. The van der Waals surface area contributed by atoms with Crippen molar-refractivity contribution >= 4 is 11.8 Å². The van der Waals surface area contributed by atoms with Gasteiger partial charge in [-0.2, -0.15) is 0 Å². The molecule has 0 fully saturated rings. The largest absolute Gasteiger partial charge is 0.326 e. The van der Waals surface area contributed by atoms with Crippen molar-refractivity contribution in [1.82, 2.24) is 5.32 Å². The average Bonchev–Trinajstić information content (AvgIpc) is 2.21. The van der Waals surface area contributed by atoms with E-state index in [2.05, 4.69) is 36.5 Å². The maximum atomic E-state index is 5.91. The van der Waals surface area contributed by atoms with Crippen molar-refractivity contribution in [3.63, 3.8) is 0 Å². The molecule has 1 rings (SSSR count). The Bertz CT molecular complexity index is 282. The fraction of sp³-hybridized carbons (Fsp3) is 0.500. The first kappa shape index (κ1) is 12.6. The van der Waals surface area contributed by atoms with E-state index in [1.54, 1.807) is 0 Å². The molecule has 0 amide bonds. The highest BCUT2D eigenvalue weighted by molar-refractivity contribution is 7.99. The van der Waals surface area contributed by atoms with Crippen LogP contribution in [0, 0.1) is 0 Å². The van der Waals surface area contributed by atoms with Crippen molar-refractivity contribution < 1.29 is 0 Å². The van der Waals surface area contributed by atoms with Crippen LogP contribution in [-0.4, -0.2) is 18.8 Å². The van der Waals surface area contributed by atoms with Crippen LogP contribution in [0.1, 0.15) is 25.5 Å². The molecule has 2 nitrogen and oxygen atoms in total. The molecule has 0 aromatic heterocycles. The van der Waals surface area contributed by atoms with Gasteiger partial charge in [0.25, 0.3) is 0 Å². The van der Waals surface area contributed by atoms with Gasteiger partial charge in [0.15, 0.2) is 0 Å². The predicted molar refractivity (Wildman–Crippen MR) is 68.3 cm³/mol. The molecule has 3 heteroatoms. The number of hydrogen-bond acceptors (Lipinski definition) is 3. The van der Waals surface area contributed by atoms with E-state index in [0.29, 0.717) is 0 Å². The zero-order valence-corrected chi connectivity index (χ0v) is 10.5. The van der Waals surface area contributed by atoms with Crippen molar-refractivity contribution in [2.24, 2.45) is 5.73 Å². The van der Waals surface area contributed by atoms with E-state index >= 15 is 0 Å². The van der Waals surface area contributed by atoms with Crippen LogP contribution in [0.5, 0.6) is 0 Å². The molecule has 15 heavy (non-hydrogen) atoms. The topological polar surface area (TPSA) is 38.0 Å². The molecular weight excluding hydrogens is 204 g/mol. The Morgan fingerprint density at radius 1 is 1.33 bits per heavy atom. The zero-order valence-electron chi connectivity index (χ0n) is 9.66. The minimum Gasteiger partial charge on any atom is -0.326 e. The van der Waals surface area contributed by atoms with Crippen LogP contribution in [0.15, 0.2) is 29.2 Å². The highest BCUT2D eigenvalue weighted by atomic mass is 32.2. The van der Waals surface area contributed by atoms with Crippen molar-refractivity contribution in [1.29, 1.82) is 0 Å². The third-order valence-corrected chi connectivity index (χ3v) is 3.28. The molecule has 0 aliphatic carbocycles. The summed E-state index contributed by atoms with van der Waals surface area (Å²) in [6, 6.07) is 9.00. The van der Waals surface area contributed by atoms with Crippen LogP contribution in [0.25, 0.3) is 0 Å². The fourth-order valence-corrected chi connectivity index (χ4v) is 2.33. The minimum atomic E-state index is 0.125. The molecule has 0 aliphatic heterocycles. The van der Waals surface area contributed by atoms with E-state index in [-0.39, 0.29) is 12.1 Å². The molecule has 84 valence electrons. The van der Waals surface area contributed by atoms with E-state index in [0.717, 1.165) is 5.75 Å². The molecule has 0 bridgehead atoms. The Labute approximate surface area is 96.6 Å². The molecule has 0 radical (unpaired) electrons. The van der Waals surface area contributed by atoms with Crippen LogP contribution >= 0.6 is 11.8 Å². The van der Waals surface area contributed by atoms with Gasteiger partial charge in [0.1, 0.15) is 0 Å². The summed E-state index contributed by atoms with van der Waals surface area (Å²) in [6.07, 6.45) is 0. The average molecular weight is 224 g/mol. The number of thioether (sulfide) groups is 1. The van der Waals surface area contributed by atoms with Crippen LogP contribution in [0.3, 0.4) is 0 Å². The van der Waals surface area contributed by atoms with Crippen molar-refractivity contribution in [3.8, 4) is 0 Å². The van der Waals surface area contributed by atoms with Gasteiger partial charge in [0.2, 0.25) is 0 Å². The molecule has 2 unspecified atom stereocenters. The maximum absolute atomic E-state index is 5.91. The minimum absolute atomic E-state index is 0.125. The smallest absolute Gasteiger partial charge is 0.0468 e. The SMILES string of the molecule is CCSc1ccc(C(NC)C(C)N)cc1. The number of likely N-dealkylation sites (N-methyl/N-ethyl adjacent to an activating group) is 1. The summed E-state index contributed by atoms with van der Waals surface area (Å²) in [5.41, 5.74) is 7.17. The van der Waals surface area contributed by atoms with Gasteiger partial charge in [-0.1, -0.05) is 19.1 Å². The molecule has 1 aromatic carbocycles. The Morgan fingerprint density at radius 3 is 2.33 bits per heavy atom.